The normalized spacial score (nSPS) is 16.0. The van der Waals surface area contributed by atoms with E-state index in [1.54, 1.807) is 19.5 Å². The van der Waals surface area contributed by atoms with Crippen molar-refractivity contribution in [3.05, 3.63) is 66.5 Å². The fourth-order valence-corrected chi connectivity index (χ4v) is 5.10. The van der Waals surface area contributed by atoms with Crippen molar-refractivity contribution in [1.29, 1.82) is 0 Å². The van der Waals surface area contributed by atoms with Crippen molar-refractivity contribution in [2.24, 2.45) is 0 Å². The Balaban J connectivity index is 1.30. The highest BCUT2D eigenvalue weighted by Gasteiger charge is 2.21. The monoisotopic (exact) mass is 464 g/mol. The Bertz CT molecular complexity index is 1350. The Kier molecular flexibility index (Phi) is 5.69. The standard InChI is InChI=1S/C23H24N6O3S/c1-32-22-9-4-18(14-24-22)21-8-7-20-15-25-23(27-29(20)21)26-19-5-2-17(3-6-19)16-28-10-12-33(30,31)13-11-28/h2-9,14-15H,10-13,16H2,1H3,(H,26,27). The molecule has 1 N–H and O–H groups in total. The molecule has 9 nitrogen and oxygen atoms in total. The van der Waals surface area contributed by atoms with Crippen LogP contribution in [0, 0.1) is 0 Å². The second-order valence-electron chi connectivity index (χ2n) is 7.98. The first-order chi connectivity index (χ1) is 16.0. The molecule has 0 spiro atoms. The first-order valence-electron chi connectivity index (χ1n) is 10.6. The SMILES string of the molecule is COc1ccc(-c2ccc3cnc(Nc4ccc(CN5CCS(=O)(=O)CC5)cc4)nn23)cn1. The number of anilines is 2. The average Bonchev–Trinajstić information content (AvgIpc) is 3.25. The third-order valence-corrected chi connectivity index (χ3v) is 7.30. The minimum absolute atomic E-state index is 0.237. The maximum Gasteiger partial charge on any atom is 0.245 e. The van der Waals surface area contributed by atoms with Gasteiger partial charge in [-0.3, -0.25) is 4.90 Å². The number of nitrogens with one attached hydrogen (secondary N) is 1. The number of methoxy groups -OCH3 is 1. The van der Waals surface area contributed by atoms with Gasteiger partial charge in [-0.1, -0.05) is 12.1 Å². The third kappa shape index (κ3) is 4.81. The van der Waals surface area contributed by atoms with E-state index < -0.39 is 9.84 Å². The molecule has 10 heteroatoms. The smallest absolute Gasteiger partial charge is 0.245 e. The predicted molar refractivity (Wildman–Crippen MR) is 126 cm³/mol. The van der Waals surface area contributed by atoms with Crippen molar-refractivity contribution in [2.45, 2.75) is 6.54 Å². The molecular weight excluding hydrogens is 440 g/mol. The van der Waals surface area contributed by atoms with Gasteiger partial charge in [0.1, 0.15) is 0 Å². The molecule has 0 unspecified atom stereocenters. The van der Waals surface area contributed by atoms with E-state index in [-0.39, 0.29) is 11.5 Å². The van der Waals surface area contributed by atoms with Crippen molar-refractivity contribution < 1.29 is 13.2 Å². The summed E-state index contributed by atoms with van der Waals surface area (Å²) in [7, 11) is -1.27. The molecule has 1 aliphatic rings. The largest absolute Gasteiger partial charge is 0.481 e. The third-order valence-electron chi connectivity index (χ3n) is 5.69. The Morgan fingerprint density at radius 1 is 0.970 bits per heavy atom. The van der Waals surface area contributed by atoms with E-state index in [9.17, 15) is 8.42 Å². The lowest BCUT2D eigenvalue weighted by atomic mass is 10.2. The molecule has 1 aliphatic heterocycles. The zero-order valence-electron chi connectivity index (χ0n) is 18.2. The van der Waals surface area contributed by atoms with Gasteiger partial charge in [0, 0.05) is 43.1 Å². The zero-order chi connectivity index (χ0) is 22.8. The summed E-state index contributed by atoms with van der Waals surface area (Å²) in [5, 5.41) is 7.90. The van der Waals surface area contributed by atoms with Gasteiger partial charge in [0.25, 0.3) is 0 Å². The Morgan fingerprint density at radius 3 is 2.45 bits per heavy atom. The van der Waals surface area contributed by atoms with E-state index in [1.165, 1.54) is 0 Å². The van der Waals surface area contributed by atoms with Crippen LogP contribution in [0.5, 0.6) is 5.88 Å². The highest BCUT2D eigenvalue weighted by atomic mass is 32.2. The number of ether oxygens (including phenoxy) is 1. The van der Waals surface area contributed by atoms with Gasteiger partial charge < -0.3 is 10.1 Å². The van der Waals surface area contributed by atoms with Gasteiger partial charge in [0.05, 0.1) is 36.0 Å². The molecule has 170 valence electrons. The quantitative estimate of drug-likeness (QED) is 0.465. The van der Waals surface area contributed by atoms with Crippen molar-refractivity contribution in [3.63, 3.8) is 0 Å². The fraction of sp³-hybridized carbons (Fsp3) is 0.261. The van der Waals surface area contributed by atoms with Crippen LogP contribution in [0.1, 0.15) is 5.56 Å². The number of fused-ring (bicyclic) bond motifs is 1. The van der Waals surface area contributed by atoms with Gasteiger partial charge in [-0.25, -0.2) is 22.9 Å². The van der Waals surface area contributed by atoms with Crippen LogP contribution in [-0.2, 0) is 16.4 Å². The topological polar surface area (TPSA) is 102 Å². The molecule has 4 aromatic rings. The maximum atomic E-state index is 11.6. The van der Waals surface area contributed by atoms with Crippen LogP contribution in [0.15, 0.2) is 60.9 Å². The summed E-state index contributed by atoms with van der Waals surface area (Å²) in [6.45, 7) is 1.90. The Labute approximate surface area is 192 Å². The van der Waals surface area contributed by atoms with Crippen molar-refractivity contribution >= 4 is 27.0 Å². The predicted octanol–water partition coefficient (Wildman–Crippen LogP) is 2.77. The molecule has 0 atom stereocenters. The van der Waals surface area contributed by atoms with Gasteiger partial charge in [-0.2, -0.15) is 0 Å². The number of pyridine rings is 1. The first-order valence-corrected chi connectivity index (χ1v) is 12.5. The van der Waals surface area contributed by atoms with Gasteiger partial charge >= 0.3 is 0 Å². The summed E-state index contributed by atoms with van der Waals surface area (Å²) >= 11 is 0. The first kappa shape index (κ1) is 21.4. The van der Waals surface area contributed by atoms with Crippen LogP contribution in [0.25, 0.3) is 16.8 Å². The number of rotatable bonds is 6. The van der Waals surface area contributed by atoms with E-state index in [1.807, 2.05) is 53.0 Å². The second kappa shape index (κ2) is 8.80. The number of benzene rings is 1. The summed E-state index contributed by atoms with van der Waals surface area (Å²) in [6, 6.07) is 15.7. The van der Waals surface area contributed by atoms with Crippen molar-refractivity contribution in [3.8, 4) is 17.1 Å². The Morgan fingerprint density at radius 2 is 1.76 bits per heavy atom. The lowest BCUT2D eigenvalue weighted by Gasteiger charge is -2.26. The molecule has 5 rings (SSSR count). The van der Waals surface area contributed by atoms with Crippen molar-refractivity contribution in [2.75, 3.05) is 37.0 Å². The zero-order valence-corrected chi connectivity index (χ0v) is 19.0. The van der Waals surface area contributed by atoms with Crippen molar-refractivity contribution in [1.82, 2.24) is 24.5 Å². The number of aromatic nitrogens is 4. The lowest BCUT2D eigenvalue weighted by Crippen LogP contribution is -2.39. The molecule has 0 amide bonds. The second-order valence-corrected chi connectivity index (χ2v) is 10.3. The van der Waals surface area contributed by atoms with E-state index in [0.29, 0.717) is 24.9 Å². The van der Waals surface area contributed by atoms with E-state index >= 15 is 0 Å². The van der Waals surface area contributed by atoms with E-state index in [4.69, 9.17) is 4.74 Å². The Hall–Kier alpha value is -3.50. The fourth-order valence-electron chi connectivity index (χ4n) is 3.82. The number of hydrogen-bond donors (Lipinski definition) is 1. The minimum atomic E-state index is -2.86. The van der Waals surface area contributed by atoms with Crippen LogP contribution in [0.4, 0.5) is 11.6 Å². The molecule has 0 bridgehead atoms. The minimum Gasteiger partial charge on any atom is -0.481 e. The summed E-state index contributed by atoms with van der Waals surface area (Å²) in [5.41, 5.74) is 4.72. The molecule has 33 heavy (non-hydrogen) atoms. The summed E-state index contributed by atoms with van der Waals surface area (Å²) in [6.07, 6.45) is 3.53. The molecule has 3 aromatic heterocycles. The van der Waals surface area contributed by atoms with Crippen LogP contribution >= 0.6 is 0 Å². The lowest BCUT2D eigenvalue weighted by molar-refractivity contribution is 0.287. The van der Waals surface area contributed by atoms with Gasteiger partial charge in [-0.05, 0) is 35.9 Å². The maximum absolute atomic E-state index is 11.6. The highest BCUT2D eigenvalue weighted by molar-refractivity contribution is 7.91. The van der Waals surface area contributed by atoms with Crippen LogP contribution in [0.2, 0.25) is 0 Å². The summed E-state index contributed by atoms with van der Waals surface area (Å²) in [5.74, 6) is 1.52. The van der Waals surface area contributed by atoms with Crippen LogP contribution < -0.4 is 10.1 Å². The molecule has 1 fully saturated rings. The van der Waals surface area contributed by atoms with Crippen LogP contribution in [0.3, 0.4) is 0 Å². The average molecular weight is 465 g/mol. The van der Waals surface area contributed by atoms with Crippen LogP contribution in [-0.4, -0.2) is 64.6 Å². The molecule has 0 aliphatic carbocycles. The molecule has 0 saturated carbocycles. The van der Waals surface area contributed by atoms with Gasteiger partial charge in [0.2, 0.25) is 11.8 Å². The summed E-state index contributed by atoms with van der Waals surface area (Å²) < 4.78 is 30.2. The number of hydrogen-bond acceptors (Lipinski definition) is 8. The molecule has 0 radical (unpaired) electrons. The van der Waals surface area contributed by atoms with E-state index in [2.05, 4.69) is 25.3 Å². The molecule has 1 saturated heterocycles. The molecule has 4 heterocycles. The van der Waals surface area contributed by atoms with Gasteiger partial charge in [-0.15, -0.1) is 5.10 Å². The number of nitrogens with zero attached hydrogens (tertiary/aromatic N) is 5. The molecule has 1 aromatic carbocycles. The summed E-state index contributed by atoms with van der Waals surface area (Å²) in [4.78, 5) is 10.9. The number of sulfone groups is 1. The highest BCUT2D eigenvalue weighted by Crippen LogP contribution is 2.23. The van der Waals surface area contributed by atoms with E-state index in [0.717, 1.165) is 34.6 Å². The van der Waals surface area contributed by atoms with Gasteiger partial charge in [0.15, 0.2) is 9.84 Å². The molecular formula is C23H24N6O3S.